The fourth-order valence-electron chi connectivity index (χ4n) is 4.69. The molecule has 0 spiro atoms. The zero-order valence-corrected chi connectivity index (χ0v) is 22.6. The number of hydrogen-bond donors (Lipinski definition) is 0. The molecule has 0 aromatic carbocycles. The molecule has 2 fully saturated rings. The number of nitrogens with zero attached hydrogens (tertiary/aromatic N) is 4. The molecule has 11 heteroatoms. The van der Waals surface area contributed by atoms with Crippen LogP contribution in [0.2, 0.25) is 0 Å². The average Bonchev–Trinajstić information content (AvgIpc) is 3.50. The molecule has 0 bridgehead atoms. The second kappa shape index (κ2) is 11.4. The number of ether oxygens (including phenoxy) is 1. The van der Waals surface area contributed by atoms with Crippen molar-refractivity contribution in [3.05, 3.63) is 56.1 Å². The first kappa shape index (κ1) is 26.7. The third-order valence-electron chi connectivity index (χ3n) is 6.62. The van der Waals surface area contributed by atoms with Gasteiger partial charge in [-0.05, 0) is 57.4 Å². The summed E-state index contributed by atoms with van der Waals surface area (Å²) in [5.41, 5.74) is 0.818. The summed E-state index contributed by atoms with van der Waals surface area (Å²) >= 11 is 6.66. The van der Waals surface area contributed by atoms with E-state index in [4.69, 9.17) is 21.4 Å². The highest BCUT2D eigenvalue weighted by molar-refractivity contribution is 8.26. The van der Waals surface area contributed by atoms with Crippen LogP contribution >= 0.6 is 24.0 Å². The molecular formula is C26H28N4O5S2. The third kappa shape index (κ3) is 5.22. The first-order chi connectivity index (χ1) is 17.8. The molecule has 9 nitrogen and oxygen atoms in total. The van der Waals surface area contributed by atoms with Gasteiger partial charge in [-0.25, -0.2) is 0 Å². The lowest BCUT2D eigenvalue weighted by Crippen LogP contribution is -2.41. The lowest BCUT2D eigenvalue weighted by Gasteiger charge is -2.35. The van der Waals surface area contributed by atoms with Gasteiger partial charge in [-0.2, -0.15) is 5.26 Å². The van der Waals surface area contributed by atoms with Gasteiger partial charge in [-0.1, -0.05) is 24.0 Å². The molecule has 4 heterocycles. The molecule has 0 aliphatic carbocycles. The van der Waals surface area contributed by atoms with E-state index < -0.39 is 0 Å². The third-order valence-corrected chi connectivity index (χ3v) is 8.00. The number of piperidine rings is 1. The number of hydrogen-bond acceptors (Lipinski definition) is 9. The van der Waals surface area contributed by atoms with Crippen molar-refractivity contribution in [1.29, 1.82) is 5.26 Å². The molecule has 2 aromatic heterocycles. The molecule has 37 heavy (non-hydrogen) atoms. The first-order valence-corrected chi connectivity index (χ1v) is 13.4. The van der Waals surface area contributed by atoms with E-state index in [1.807, 2.05) is 13.0 Å². The van der Waals surface area contributed by atoms with Crippen molar-refractivity contribution in [3.8, 4) is 6.07 Å². The summed E-state index contributed by atoms with van der Waals surface area (Å²) in [6.07, 6.45) is 4.44. The largest absolute Gasteiger partial charge is 0.467 e. The van der Waals surface area contributed by atoms with Crippen molar-refractivity contribution >= 4 is 52.1 Å². The normalized spacial score (nSPS) is 17.5. The Hall–Kier alpha value is -3.36. The molecule has 2 aliphatic heterocycles. The van der Waals surface area contributed by atoms with Gasteiger partial charge in [0.05, 0.1) is 30.2 Å². The van der Waals surface area contributed by atoms with Crippen molar-refractivity contribution in [1.82, 2.24) is 9.47 Å². The first-order valence-electron chi connectivity index (χ1n) is 12.2. The Bertz CT molecular complexity index is 1350. The van der Waals surface area contributed by atoms with Crippen LogP contribution in [0, 0.1) is 24.2 Å². The Morgan fingerprint density at radius 1 is 1.32 bits per heavy atom. The number of carbonyl (C=O) groups excluding carboxylic acids is 2. The SMILES string of the molecule is CCOC(=O)C1CCN(c2c(C=C3SC(=S)N(Cc4ccco4)C3=O)c(C)c(C#N)c(=O)n2CC)CC1. The molecule has 2 aromatic rings. The fraction of sp³-hybridized carbons (Fsp3) is 0.423. The predicted octanol–water partition coefficient (Wildman–Crippen LogP) is 3.82. The molecule has 0 radical (unpaired) electrons. The van der Waals surface area contributed by atoms with E-state index in [2.05, 4.69) is 4.90 Å². The minimum atomic E-state index is -0.368. The number of thioether (sulfide) groups is 1. The highest BCUT2D eigenvalue weighted by Crippen LogP contribution is 2.37. The molecule has 2 aliphatic rings. The van der Waals surface area contributed by atoms with Crippen LogP contribution in [0.4, 0.5) is 5.82 Å². The Morgan fingerprint density at radius 2 is 2.05 bits per heavy atom. The van der Waals surface area contributed by atoms with Gasteiger partial charge in [0.2, 0.25) is 0 Å². The molecule has 2 saturated heterocycles. The van der Waals surface area contributed by atoms with E-state index in [0.717, 1.165) is 0 Å². The van der Waals surface area contributed by atoms with Crippen molar-refractivity contribution in [3.63, 3.8) is 0 Å². The second-order valence-electron chi connectivity index (χ2n) is 8.76. The van der Waals surface area contributed by atoms with Gasteiger partial charge in [0.25, 0.3) is 11.5 Å². The van der Waals surface area contributed by atoms with Gasteiger partial charge in [0, 0.05) is 25.2 Å². The zero-order chi connectivity index (χ0) is 26.7. The molecule has 0 saturated carbocycles. The average molecular weight is 541 g/mol. The standard InChI is InChI=1S/C26H28N4O5S2/c1-4-29-22(28-10-8-17(9-11-28)25(33)34-5-2)19(16(3)20(14-27)23(29)31)13-21-24(32)30(26(36)37-21)15-18-7-6-12-35-18/h6-7,12-13,17H,4-5,8-11,15H2,1-3H3. The quantitative estimate of drug-likeness (QED) is 0.294. The number of anilines is 1. The molecule has 1 amide bonds. The maximum Gasteiger partial charge on any atom is 0.309 e. The summed E-state index contributed by atoms with van der Waals surface area (Å²) < 4.78 is 12.6. The highest BCUT2D eigenvalue weighted by Gasteiger charge is 2.34. The Balaban J connectivity index is 1.74. The van der Waals surface area contributed by atoms with Crippen LogP contribution in [0.5, 0.6) is 0 Å². The summed E-state index contributed by atoms with van der Waals surface area (Å²) in [6, 6.07) is 5.58. The van der Waals surface area contributed by atoms with Crippen LogP contribution in [0.15, 0.2) is 32.5 Å². The summed E-state index contributed by atoms with van der Waals surface area (Å²) in [4.78, 5) is 42.7. The molecule has 194 valence electrons. The smallest absolute Gasteiger partial charge is 0.309 e. The molecular weight excluding hydrogens is 512 g/mol. The van der Waals surface area contributed by atoms with Crippen molar-refractivity contribution < 1.29 is 18.7 Å². The summed E-state index contributed by atoms with van der Waals surface area (Å²) in [7, 11) is 0. The molecule has 0 atom stereocenters. The van der Waals surface area contributed by atoms with E-state index in [-0.39, 0.29) is 35.5 Å². The second-order valence-corrected chi connectivity index (χ2v) is 10.4. The number of aromatic nitrogens is 1. The predicted molar refractivity (Wildman–Crippen MR) is 145 cm³/mol. The number of pyridine rings is 1. The maximum atomic E-state index is 13.3. The van der Waals surface area contributed by atoms with E-state index in [1.165, 1.54) is 16.7 Å². The van der Waals surface area contributed by atoms with Crippen LogP contribution < -0.4 is 10.5 Å². The van der Waals surface area contributed by atoms with Crippen LogP contribution in [0.3, 0.4) is 0 Å². The van der Waals surface area contributed by atoms with Crippen molar-refractivity contribution in [2.24, 2.45) is 5.92 Å². The van der Waals surface area contributed by atoms with E-state index in [1.54, 1.807) is 42.9 Å². The maximum absolute atomic E-state index is 13.3. The minimum Gasteiger partial charge on any atom is -0.467 e. The molecule has 0 unspecified atom stereocenters. The van der Waals surface area contributed by atoms with Gasteiger partial charge in [-0.15, -0.1) is 0 Å². The van der Waals surface area contributed by atoms with Gasteiger partial charge in [0.1, 0.15) is 27.5 Å². The number of furan rings is 1. The Labute approximate surface area is 224 Å². The monoisotopic (exact) mass is 540 g/mol. The van der Waals surface area contributed by atoms with E-state index in [0.29, 0.717) is 71.0 Å². The fourth-order valence-corrected chi connectivity index (χ4v) is 5.93. The van der Waals surface area contributed by atoms with Crippen LogP contribution in [0.25, 0.3) is 6.08 Å². The van der Waals surface area contributed by atoms with Crippen molar-refractivity contribution in [2.45, 2.75) is 46.7 Å². The van der Waals surface area contributed by atoms with Crippen molar-refractivity contribution in [2.75, 3.05) is 24.6 Å². The number of nitriles is 1. The number of carbonyl (C=O) groups is 2. The Morgan fingerprint density at radius 3 is 2.65 bits per heavy atom. The summed E-state index contributed by atoms with van der Waals surface area (Å²) in [6.45, 7) is 7.34. The zero-order valence-electron chi connectivity index (χ0n) is 21.0. The number of esters is 1. The van der Waals surface area contributed by atoms with Gasteiger partial charge >= 0.3 is 5.97 Å². The number of rotatable bonds is 7. The Kier molecular flexibility index (Phi) is 8.19. The van der Waals surface area contributed by atoms with E-state index in [9.17, 15) is 19.6 Å². The lowest BCUT2D eigenvalue weighted by molar-refractivity contribution is -0.148. The van der Waals surface area contributed by atoms with Crippen LogP contribution in [0.1, 0.15) is 49.1 Å². The molecule has 4 rings (SSSR count). The van der Waals surface area contributed by atoms with Crippen LogP contribution in [-0.2, 0) is 27.4 Å². The van der Waals surface area contributed by atoms with Gasteiger partial charge in [0.15, 0.2) is 0 Å². The number of thiocarbonyl (C=S) groups is 1. The minimum absolute atomic E-state index is 0.0457. The lowest BCUT2D eigenvalue weighted by atomic mass is 9.95. The number of amides is 1. The van der Waals surface area contributed by atoms with Gasteiger partial charge in [-0.3, -0.25) is 23.9 Å². The summed E-state index contributed by atoms with van der Waals surface area (Å²) in [5, 5.41) is 9.77. The van der Waals surface area contributed by atoms with E-state index >= 15 is 0 Å². The van der Waals surface area contributed by atoms with Gasteiger partial charge < -0.3 is 14.1 Å². The molecule has 0 N–H and O–H groups in total. The highest BCUT2D eigenvalue weighted by atomic mass is 32.2. The van der Waals surface area contributed by atoms with Crippen LogP contribution in [-0.4, -0.2) is 45.4 Å². The topological polar surface area (TPSA) is 109 Å². The summed E-state index contributed by atoms with van der Waals surface area (Å²) in [5.74, 6) is 0.601.